The van der Waals surface area contributed by atoms with Crippen LogP contribution in [-0.2, 0) is 22.6 Å². The van der Waals surface area contributed by atoms with E-state index in [1.165, 1.54) is 5.56 Å². The Bertz CT molecular complexity index is 941. The van der Waals surface area contributed by atoms with Crippen LogP contribution in [0.25, 0.3) is 0 Å². The van der Waals surface area contributed by atoms with E-state index in [1.54, 1.807) is 23.1 Å². The topological polar surface area (TPSA) is 111 Å². The minimum atomic E-state index is -0.512. The molecule has 1 atom stereocenters. The van der Waals surface area contributed by atoms with Gasteiger partial charge in [-0.15, -0.1) is 0 Å². The van der Waals surface area contributed by atoms with E-state index in [1.807, 2.05) is 38.1 Å². The Morgan fingerprint density at radius 1 is 1.13 bits per heavy atom. The zero-order valence-electron chi connectivity index (χ0n) is 17.4. The molecule has 0 radical (unpaired) electrons. The number of carbonyl (C=O) groups is 2. The number of nitrogens with zero attached hydrogens (tertiary/aromatic N) is 1. The van der Waals surface area contributed by atoms with Gasteiger partial charge < -0.3 is 21.3 Å². The van der Waals surface area contributed by atoms with Crippen molar-refractivity contribution in [3.63, 3.8) is 0 Å². The second-order valence-corrected chi connectivity index (χ2v) is 7.91. The molecule has 5 N–H and O–H groups in total. The molecule has 2 amide bonds. The summed E-state index contributed by atoms with van der Waals surface area (Å²) in [6.45, 7) is 5.09. The molecule has 1 unspecified atom stereocenters. The van der Waals surface area contributed by atoms with Crippen molar-refractivity contribution < 1.29 is 9.59 Å². The van der Waals surface area contributed by atoms with Crippen LogP contribution in [0.2, 0.25) is 0 Å². The van der Waals surface area contributed by atoms with Gasteiger partial charge in [-0.25, -0.2) is 0 Å². The molecule has 0 saturated carbocycles. The molecule has 1 aliphatic heterocycles. The number of nitrogens with two attached hydrogens (primary N) is 1. The fraction of sp³-hybridized carbons (Fsp3) is 0.348. The van der Waals surface area contributed by atoms with E-state index in [4.69, 9.17) is 11.1 Å². The first-order valence-corrected chi connectivity index (χ1v) is 10.2. The Morgan fingerprint density at radius 2 is 1.87 bits per heavy atom. The van der Waals surface area contributed by atoms with Crippen LogP contribution in [0.1, 0.15) is 30.5 Å². The highest BCUT2D eigenvalue weighted by atomic mass is 16.2. The van der Waals surface area contributed by atoms with Crippen molar-refractivity contribution in [2.45, 2.75) is 32.9 Å². The Balaban J connectivity index is 1.58. The fourth-order valence-corrected chi connectivity index (χ4v) is 3.58. The molecule has 7 nitrogen and oxygen atoms in total. The number of amides is 2. The number of anilines is 1. The van der Waals surface area contributed by atoms with Crippen molar-refractivity contribution in [2.75, 3.05) is 18.4 Å². The number of hydrogen-bond donors (Lipinski definition) is 4. The fourth-order valence-electron chi connectivity index (χ4n) is 3.58. The summed E-state index contributed by atoms with van der Waals surface area (Å²) in [5.41, 5.74) is 9.28. The molecule has 158 valence electrons. The lowest BCUT2D eigenvalue weighted by molar-refractivity contribution is -0.134. The van der Waals surface area contributed by atoms with Crippen molar-refractivity contribution in [1.29, 1.82) is 5.41 Å². The van der Waals surface area contributed by atoms with Gasteiger partial charge in [0.2, 0.25) is 11.8 Å². The summed E-state index contributed by atoms with van der Waals surface area (Å²) in [4.78, 5) is 27.2. The summed E-state index contributed by atoms with van der Waals surface area (Å²) in [7, 11) is 0. The summed E-state index contributed by atoms with van der Waals surface area (Å²) in [5, 5.41) is 13.6. The number of nitrogen functional groups attached to an aromatic ring is 1. The van der Waals surface area contributed by atoms with Gasteiger partial charge in [-0.05, 0) is 35.6 Å². The van der Waals surface area contributed by atoms with E-state index in [2.05, 4.69) is 16.7 Å². The molecular formula is C23H29N5O2. The Labute approximate surface area is 177 Å². The molecule has 7 heteroatoms. The van der Waals surface area contributed by atoms with Crippen LogP contribution in [0, 0.1) is 11.3 Å². The maximum absolute atomic E-state index is 12.8. The number of hydrogen-bond acceptors (Lipinski definition) is 4. The third kappa shape index (κ3) is 5.17. The average Bonchev–Trinajstić information content (AvgIpc) is 2.75. The van der Waals surface area contributed by atoms with Gasteiger partial charge in [0.05, 0.1) is 6.54 Å². The van der Waals surface area contributed by atoms with Gasteiger partial charge in [-0.2, -0.15) is 0 Å². The first-order valence-electron chi connectivity index (χ1n) is 10.2. The number of benzene rings is 2. The number of amidine groups is 1. The van der Waals surface area contributed by atoms with Crippen LogP contribution in [0.3, 0.4) is 0 Å². The van der Waals surface area contributed by atoms with Crippen molar-refractivity contribution in [3.8, 4) is 0 Å². The third-order valence-corrected chi connectivity index (χ3v) is 5.34. The summed E-state index contributed by atoms with van der Waals surface area (Å²) < 4.78 is 0. The quantitative estimate of drug-likeness (QED) is 0.416. The lowest BCUT2D eigenvalue weighted by Gasteiger charge is -2.29. The van der Waals surface area contributed by atoms with Crippen molar-refractivity contribution in [1.82, 2.24) is 10.2 Å². The molecule has 30 heavy (non-hydrogen) atoms. The normalized spacial score (nSPS) is 14.0. The van der Waals surface area contributed by atoms with E-state index in [0.717, 1.165) is 12.0 Å². The standard InChI is InChI=1S/C23H29N5O2/c1-15(2)21(27-19-9-5-8-17(12-19)22(24)25)23(30)26-13-20(29)28-11-10-16-6-3-4-7-18(16)14-28/h3-9,12,15,21,27H,10-11,13-14H2,1-2H3,(H3,24,25)(H,26,30). The van der Waals surface area contributed by atoms with Crippen LogP contribution < -0.4 is 16.4 Å². The summed E-state index contributed by atoms with van der Waals surface area (Å²) in [5.74, 6) is -0.344. The highest BCUT2D eigenvalue weighted by molar-refractivity contribution is 5.96. The van der Waals surface area contributed by atoms with Gasteiger partial charge in [0.1, 0.15) is 11.9 Å². The molecule has 0 saturated heterocycles. The minimum Gasteiger partial charge on any atom is -0.384 e. The Morgan fingerprint density at radius 3 is 2.57 bits per heavy atom. The number of nitrogens with one attached hydrogen (secondary N) is 3. The monoisotopic (exact) mass is 407 g/mol. The van der Waals surface area contributed by atoms with E-state index < -0.39 is 6.04 Å². The minimum absolute atomic E-state index is 0.00273. The van der Waals surface area contributed by atoms with Crippen molar-refractivity contribution in [2.24, 2.45) is 11.7 Å². The predicted octanol–water partition coefficient (Wildman–Crippen LogP) is 2.11. The van der Waals surface area contributed by atoms with Gasteiger partial charge in [0.15, 0.2) is 0 Å². The van der Waals surface area contributed by atoms with Crippen molar-refractivity contribution in [3.05, 3.63) is 65.2 Å². The first kappa shape index (κ1) is 21.4. The van der Waals surface area contributed by atoms with Crippen molar-refractivity contribution >= 4 is 23.3 Å². The molecule has 1 aliphatic rings. The van der Waals surface area contributed by atoms with Crippen LogP contribution in [0.15, 0.2) is 48.5 Å². The second-order valence-electron chi connectivity index (χ2n) is 7.91. The SMILES string of the molecule is CC(C)C(Nc1cccc(C(=N)N)c1)C(=O)NCC(=O)N1CCc2ccccc2C1. The highest BCUT2D eigenvalue weighted by Gasteiger charge is 2.25. The molecule has 0 bridgehead atoms. The summed E-state index contributed by atoms with van der Waals surface area (Å²) >= 11 is 0. The maximum atomic E-state index is 12.8. The second kappa shape index (κ2) is 9.43. The lowest BCUT2D eigenvalue weighted by Crippen LogP contribution is -2.48. The van der Waals surface area contributed by atoms with Crippen LogP contribution in [0.4, 0.5) is 5.69 Å². The van der Waals surface area contributed by atoms with E-state index in [-0.39, 0.29) is 30.1 Å². The first-order chi connectivity index (χ1) is 14.3. The van der Waals surface area contributed by atoms with Gasteiger partial charge >= 0.3 is 0 Å². The maximum Gasteiger partial charge on any atom is 0.243 e. The largest absolute Gasteiger partial charge is 0.384 e. The van der Waals surface area contributed by atoms with Gasteiger partial charge in [0.25, 0.3) is 0 Å². The van der Waals surface area contributed by atoms with E-state index >= 15 is 0 Å². The highest BCUT2D eigenvalue weighted by Crippen LogP contribution is 2.18. The van der Waals surface area contributed by atoms with Crippen LogP contribution >= 0.6 is 0 Å². The molecule has 0 aliphatic carbocycles. The molecule has 0 fully saturated rings. The third-order valence-electron chi connectivity index (χ3n) is 5.34. The Hall–Kier alpha value is -3.35. The number of rotatable bonds is 7. The summed E-state index contributed by atoms with van der Waals surface area (Å²) in [6.07, 6.45) is 0.832. The molecular weight excluding hydrogens is 378 g/mol. The average molecular weight is 408 g/mol. The van der Waals surface area contributed by atoms with Gasteiger partial charge in [-0.1, -0.05) is 50.2 Å². The number of carbonyl (C=O) groups excluding carboxylic acids is 2. The Kier molecular flexibility index (Phi) is 6.72. The number of fused-ring (bicyclic) bond motifs is 1. The predicted molar refractivity (Wildman–Crippen MR) is 118 cm³/mol. The zero-order chi connectivity index (χ0) is 21.7. The molecule has 1 heterocycles. The van der Waals surface area contributed by atoms with Gasteiger partial charge in [0, 0.05) is 24.3 Å². The zero-order valence-corrected chi connectivity index (χ0v) is 17.4. The molecule has 0 aromatic heterocycles. The molecule has 2 aromatic carbocycles. The molecule has 2 aromatic rings. The van der Waals surface area contributed by atoms with E-state index in [0.29, 0.717) is 24.3 Å². The van der Waals surface area contributed by atoms with Gasteiger partial charge in [-0.3, -0.25) is 15.0 Å². The molecule has 0 spiro atoms. The van der Waals surface area contributed by atoms with Crippen LogP contribution in [0.5, 0.6) is 0 Å². The lowest BCUT2D eigenvalue weighted by atomic mass is 10.00. The smallest absolute Gasteiger partial charge is 0.243 e. The summed E-state index contributed by atoms with van der Waals surface area (Å²) in [6, 6.07) is 14.7. The van der Waals surface area contributed by atoms with E-state index in [9.17, 15) is 9.59 Å². The molecule has 3 rings (SSSR count). The van der Waals surface area contributed by atoms with Crippen LogP contribution in [-0.4, -0.2) is 41.7 Å².